The van der Waals surface area contributed by atoms with Crippen molar-refractivity contribution in [1.82, 2.24) is 9.97 Å². The predicted octanol–water partition coefficient (Wildman–Crippen LogP) is 1.22. The zero-order chi connectivity index (χ0) is 11.8. The van der Waals surface area contributed by atoms with Crippen LogP contribution in [0, 0.1) is 0 Å². The van der Waals surface area contributed by atoms with Crippen LogP contribution in [0.2, 0.25) is 0 Å². The Labute approximate surface area is 98.2 Å². The van der Waals surface area contributed by atoms with Crippen LogP contribution in [0.4, 0.5) is 5.95 Å². The zero-order valence-electron chi connectivity index (χ0n) is 9.22. The van der Waals surface area contributed by atoms with E-state index < -0.39 is 0 Å². The SMILES string of the molecule is O=C1C2=C(CCCC2)C(=O)N1c1ncccn1. The van der Waals surface area contributed by atoms with Gasteiger partial charge in [0.25, 0.3) is 11.8 Å². The summed E-state index contributed by atoms with van der Waals surface area (Å²) in [6.45, 7) is 0. The Bertz CT molecular complexity index is 494. The second-order valence-electron chi connectivity index (χ2n) is 4.16. The molecule has 0 atom stereocenters. The molecule has 0 saturated heterocycles. The second kappa shape index (κ2) is 3.76. The monoisotopic (exact) mass is 229 g/mol. The minimum atomic E-state index is -0.240. The molecule has 1 aromatic heterocycles. The smallest absolute Gasteiger partial charge is 0.264 e. The van der Waals surface area contributed by atoms with Crippen LogP contribution >= 0.6 is 0 Å². The number of rotatable bonds is 1. The molecule has 2 aliphatic rings. The summed E-state index contributed by atoms with van der Waals surface area (Å²) in [5.41, 5.74) is 1.32. The van der Waals surface area contributed by atoms with E-state index in [2.05, 4.69) is 9.97 Å². The number of hydrogen-bond acceptors (Lipinski definition) is 4. The van der Waals surface area contributed by atoms with Crippen LogP contribution in [-0.4, -0.2) is 21.8 Å². The summed E-state index contributed by atoms with van der Waals surface area (Å²) in [6, 6.07) is 1.65. The third-order valence-corrected chi connectivity index (χ3v) is 3.14. The number of carbonyl (C=O) groups is 2. The molecule has 0 N–H and O–H groups in total. The van der Waals surface area contributed by atoms with Gasteiger partial charge in [-0.25, -0.2) is 14.9 Å². The number of hydrogen-bond donors (Lipinski definition) is 0. The maximum absolute atomic E-state index is 12.1. The summed E-state index contributed by atoms with van der Waals surface area (Å²) in [6.07, 6.45) is 6.40. The molecule has 1 aromatic rings. The van der Waals surface area contributed by atoms with Gasteiger partial charge in [0.05, 0.1) is 0 Å². The van der Waals surface area contributed by atoms with E-state index in [4.69, 9.17) is 0 Å². The first-order valence-electron chi connectivity index (χ1n) is 5.67. The molecular weight excluding hydrogens is 218 g/mol. The number of imide groups is 1. The van der Waals surface area contributed by atoms with E-state index >= 15 is 0 Å². The van der Waals surface area contributed by atoms with Crippen molar-refractivity contribution in [3.05, 3.63) is 29.6 Å². The number of aromatic nitrogens is 2. The van der Waals surface area contributed by atoms with Gasteiger partial charge >= 0.3 is 0 Å². The lowest BCUT2D eigenvalue weighted by atomic mass is 9.93. The van der Waals surface area contributed by atoms with Crippen LogP contribution in [0.25, 0.3) is 0 Å². The minimum absolute atomic E-state index is 0.178. The maximum atomic E-state index is 12.1. The van der Waals surface area contributed by atoms with Gasteiger partial charge in [0.2, 0.25) is 5.95 Å². The summed E-state index contributed by atoms with van der Waals surface area (Å²) in [5.74, 6) is -0.302. The third kappa shape index (κ3) is 1.46. The van der Waals surface area contributed by atoms with E-state index in [1.165, 1.54) is 12.4 Å². The Morgan fingerprint density at radius 2 is 1.47 bits per heavy atom. The Morgan fingerprint density at radius 1 is 0.941 bits per heavy atom. The average Bonchev–Trinajstić information content (AvgIpc) is 2.64. The maximum Gasteiger partial charge on any atom is 0.264 e. The lowest BCUT2D eigenvalue weighted by molar-refractivity contribution is -0.120. The van der Waals surface area contributed by atoms with Gasteiger partial charge in [-0.2, -0.15) is 0 Å². The van der Waals surface area contributed by atoms with Crippen molar-refractivity contribution in [2.24, 2.45) is 0 Å². The summed E-state index contributed by atoms with van der Waals surface area (Å²) in [4.78, 5) is 33.3. The number of nitrogens with zero attached hydrogens (tertiary/aromatic N) is 3. The van der Waals surface area contributed by atoms with E-state index in [0.717, 1.165) is 17.7 Å². The molecule has 0 spiro atoms. The van der Waals surface area contributed by atoms with Crippen LogP contribution < -0.4 is 4.90 Å². The number of carbonyl (C=O) groups excluding carboxylic acids is 2. The molecule has 2 amide bonds. The Morgan fingerprint density at radius 3 is 2.00 bits per heavy atom. The molecule has 86 valence electrons. The van der Waals surface area contributed by atoms with Gasteiger partial charge in [-0.1, -0.05) is 0 Å². The van der Waals surface area contributed by atoms with E-state index in [0.29, 0.717) is 24.0 Å². The van der Waals surface area contributed by atoms with Crippen molar-refractivity contribution in [3.8, 4) is 0 Å². The van der Waals surface area contributed by atoms with E-state index in [1.54, 1.807) is 6.07 Å². The molecule has 5 heteroatoms. The molecule has 2 heterocycles. The molecule has 0 aromatic carbocycles. The normalized spacial score (nSPS) is 19.9. The molecule has 5 nitrogen and oxygen atoms in total. The number of anilines is 1. The van der Waals surface area contributed by atoms with Crippen molar-refractivity contribution in [3.63, 3.8) is 0 Å². The molecule has 0 unspecified atom stereocenters. The standard InChI is InChI=1S/C12H11N3O2/c16-10-8-4-1-2-5-9(8)11(17)15(10)12-13-6-3-7-14-12/h3,6-7H,1-2,4-5H2. The van der Waals surface area contributed by atoms with Crippen LogP contribution in [0.5, 0.6) is 0 Å². The first kappa shape index (κ1) is 10.1. The Balaban J connectivity index is 2.01. The van der Waals surface area contributed by atoms with Crippen molar-refractivity contribution in [2.75, 3.05) is 4.90 Å². The molecule has 1 aliphatic heterocycles. The average molecular weight is 229 g/mol. The van der Waals surface area contributed by atoms with Gasteiger partial charge in [-0.05, 0) is 31.7 Å². The zero-order valence-corrected chi connectivity index (χ0v) is 9.22. The van der Waals surface area contributed by atoms with Gasteiger partial charge in [0.15, 0.2) is 0 Å². The fourth-order valence-corrected chi connectivity index (χ4v) is 2.33. The quantitative estimate of drug-likeness (QED) is 0.679. The van der Waals surface area contributed by atoms with Crippen molar-refractivity contribution < 1.29 is 9.59 Å². The molecule has 0 radical (unpaired) electrons. The fourth-order valence-electron chi connectivity index (χ4n) is 2.33. The van der Waals surface area contributed by atoms with Crippen molar-refractivity contribution in [2.45, 2.75) is 25.7 Å². The van der Waals surface area contributed by atoms with Gasteiger partial charge in [-0.15, -0.1) is 0 Å². The van der Waals surface area contributed by atoms with Crippen LogP contribution in [-0.2, 0) is 9.59 Å². The van der Waals surface area contributed by atoms with Crippen LogP contribution in [0.1, 0.15) is 25.7 Å². The van der Waals surface area contributed by atoms with E-state index in [-0.39, 0.29) is 17.8 Å². The summed E-state index contributed by atoms with van der Waals surface area (Å²) < 4.78 is 0. The minimum Gasteiger partial charge on any atom is -0.268 e. The predicted molar refractivity (Wildman–Crippen MR) is 60.0 cm³/mol. The topological polar surface area (TPSA) is 63.2 Å². The molecular formula is C12H11N3O2. The van der Waals surface area contributed by atoms with E-state index in [1.807, 2.05) is 0 Å². The lowest BCUT2D eigenvalue weighted by Gasteiger charge is -2.11. The molecule has 17 heavy (non-hydrogen) atoms. The lowest BCUT2D eigenvalue weighted by Crippen LogP contribution is -2.33. The fraction of sp³-hybridized carbons (Fsp3) is 0.333. The first-order chi connectivity index (χ1) is 8.29. The second-order valence-corrected chi connectivity index (χ2v) is 4.16. The van der Waals surface area contributed by atoms with Gasteiger partial charge in [-0.3, -0.25) is 9.59 Å². The van der Waals surface area contributed by atoms with Gasteiger partial charge in [0, 0.05) is 23.5 Å². The first-order valence-corrected chi connectivity index (χ1v) is 5.67. The summed E-state index contributed by atoms with van der Waals surface area (Å²) in [7, 11) is 0. The van der Waals surface area contributed by atoms with Gasteiger partial charge < -0.3 is 0 Å². The molecule has 3 rings (SSSR count). The molecule has 0 bridgehead atoms. The Kier molecular flexibility index (Phi) is 2.24. The highest BCUT2D eigenvalue weighted by Crippen LogP contribution is 2.34. The highest BCUT2D eigenvalue weighted by Gasteiger charge is 2.40. The molecule has 1 aliphatic carbocycles. The highest BCUT2D eigenvalue weighted by molar-refractivity contribution is 6.32. The largest absolute Gasteiger partial charge is 0.268 e. The summed E-state index contributed by atoms with van der Waals surface area (Å²) >= 11 is 0. The molecule has 0 fully saturated rings. The van der Waals surface area contributed by atoms with Crippen LogP contribution in [0.3, 0.4) is 0 Å². The molecule has 0 saturated carbocycles. The van der Waals surface area contributed by atoms with Crippen molar-refractivity contribution in [1.29, 1.82) is 0 Å². The number of amides is 2. The van der Waals surface area contributed by atoms with Gasteiger partial charge in [0.1, 0.15) is 0 Å². The highest BCUT2D eigenvalue weighted by atomic mass is 16.2. The van der Waals surface area contributed by atoms with Crippen LogP contribution in [0.15, 0.2) is 29.6 Å². The van der Waals surface area contributed by atoms with Crippen molar-refractivity contribution >= 4 is 17.8 Å². The summed E-state index contributed by atoms with van der Waals surface area (Å²) in [5, 5.41) is 0. The third-order valence-electron chi connectivity index (χ3n) is 3.14. The van der Waals surface area contributed by atoms with E-state index in [9.17, 15) is 9.59 Å². The Hall–Kier alpha value is -2.04.